The Labute approximate surface area is 228 Å². The molecule has 0 unspecified atom stereocenters. The second-order valence-electron chi connectivity index (χ2n) is 9.84. The maximum absolute atomic E-state index is 13.0. The Morgan fingerprint density at radius 1 is 1.10 bits per heavy atom. The van der Waals surface area contributed by atoms with Crippen molar-refractivity contribution in [3.05, 3.63) is 83.9 Å². The zero-order chi connectivity index (χ0) is 27.6. The fourth-order valence-electron chi connectivity index (χ4n) is 5.27. The van der Waals surface area contributed by atoms with E-state index in [1.54, 1.807) is 30.3 Å². The number of nitrogens with one attached hydrogen (secondary N) is 2. The molecule has 206 valence electrons. The van der Waals surface area contributed by atoms with Crippen molar-refractivity contribution in [3.8, 4) is 11.5 Å². The molecular weight excluding hydrogens is 520 g/mol. The van der Waals surface area contributed by atoms with E-state index >= 15 is 0 Å². The molecule has 0 aromatic heterocycles. The monoisotopic (exact) mass is 552 g/mol. The van der Waals surface area contributed by atoms with E-state index in [4.69, 9.17) is 14.2 Å². The normalized spacial score (nSPS) is 22.6. The quantitative estimate of drug-likeness (QED) is 0.369. The number of methoxy groups -OCH3 is 1. The number of rotatable bonds is 9. The Balaban J connectivity index is 1.31. The zero-order valence-corrected chi connectivity index (χ0v) is 22.6. The second kappa shape index (κ2) is 11.3. The van der Waals surface area contributed by atoms with Crippen LogP contribution in [0.1, 0.15) is 42.9 Å². The van der Waals surface area contributed by atoms with Gasteiger partial charge in [-0.15, -0.1) is 0 Å². The zero-order valence-electron chi connectivity index (χ0n) is 21.7. The average Bonchev–Trinajstić information content (AvgIpc) is 3.30. The maximum Gasteiger partial charge on any atom is 0.262 e. The highest BCUT2D eigenvalue weighted by atomic mass is 32.2. The molecule has 0 aliphatic carbocycles. The number of sulfonamides is 1. The fraction of sp³-hybridized carbons (Fsp3) is 0.345. The van der Waals surface area contributed by atoms with Crippen molar-refractivity contribution in [2.75, 3.05) is 18.4 Å². The summed E-state index contributed by atoms with van der Waals surface area (Å²) < 4.78 is 46.0. The predicted octanol–water partition coefficient (Wildman–Crippen LogP) is 3.76. The first kappa shape index (κ1) is 27.0. The molecule has 5 rings (SSSR count). The molecule has 9 nitrogen and oxygen atoms in total. The van der Waals surface area contributed by atoms with E-state index < -0.39 is 28.3 Å². The van der Waals surface area contributed by atoms with Gasteiger partial charge in [0.2, 0.25) is 5.91 Å². The van der Waals surface area contributed by atoms with Crippen molar-refractivity contribution < 1.29 is 32.5 Å². The molecule has 1 amide bonds. The molecule has 3 N–H and O–H groups in total. The minimum atomic E-state index is -3.86. The summed E-state index contributed by atoms with van der Waals surface area (Å²) in [6.45, 7) is 1.67. The second-order valence-corrected chi connectivity index (χ2v) is 11.5. The number of carbonyl (C=O) groups is 1. The van der Waals surface area contributed by atoms with Gasteiger partial charge in [0.25, 0.3) is 10.0 Å². The number of anilines is 1. The Morgan fingerprint density at radius 2 is 1.90 bits per heavy atom. The molecule has 5 atom stereocenters. The summed E-state index contributed by atoms with van der Waals surface area (Å²) in [7, 11) is -2.38. The van der Waals surface area contributed by atoms with E-state index in [1.807, 2.05) is 37.3 Å². The van der Waals surface area contributed by atoms with Crippen LogP contribution >= 0.6 is 0 Å². The first-order chi connectivity index (χ1) is 18.8. The van der Waals surface area contributed by atoms with Crippen LogP contribution in [0.25, 0.3) is 0 Å². The minimum Gasteiger partial charge on any atom is -0.497 e. The SMILES string of the molecule is COc1cccc(S(=O)(=O)Nc2ccc3c(c2)[C@@H]2C[C@@H](CC(=O)N[C@@H](C)c4ccccc4)O[C@@H](CO)[C@@H]2O3)c1. The summed E-state index contributed by atoms with van der Waals surface area (Å²) >= 11 is 0. The highest BCUT2D eigenvalue weighted by molar-refractivity contribution is 7.92. The smallest absolute Gasteiger partial charge is 0.262 e. The van der Waals surface area contributed by atoms with Crippen molar-refractivity contribution in [1.82, 2.24) is 5.32 Å². The molecule has 2 heterocycles. The molecule has 1 fully saturated rings. The standard InChI is InChI=1S/C29H32N2O7S/c1-18(19-7-4-3-5-8-19)30-28(33)16-22-15-25-24-13-20(11-12-26(24)38-29(25)27(17-32)37-22)31-39(34,35)23-10-6-9-21(14-23)36-2/h3-14,18,22,25,27,29,31-32H,15-17H2,1-2H3,(H,30,33)/t18-,22-,25-,27-,29+/m0/s1. The third-order valence-electron chi connectivity index (χ3n) is 7.19. The average molecular weight is 553 g/mol. The molecule has 0 bridgehead atoms. The molecule has 0 saturated carbocycles. The van der Waals surface area contributed by atoms with Gasteiger partial charge in [0, 0.05) is 23.2 Å². The highest BCUT2D eigenvalue weighted by Gasteiger charge is 2.46. The van der Waals surface area contributed by atoms with Crippen LogP contribution < -0.4 is 19.5 Å². The van der Waals surface area contributed by atoms with Crippen molar-refractivity contribution in [2.45, 2.75) is 54.9 Å². The Bertz CT molecular complexity index is 1430. The van der Waals surface area contributed by atoms with Gasteiger partial charge in [0.15, 0.2) is 0 Å². The molecule has 0 spiro atoms. The minimum absolute atomic E-state index is 0.0821. The summed E-state index contributed by atoms with van der Waals surface area (Å²) in [6, 6.07) is 20.9. The molecule has 1 saturated heterocycles. The van der Waals surface area contributed by atoms with Gasteiger partial charge < -0.3 is 24.6 Å². The lowest BCUT2D eigenvalue weighted by molar-refractivity contribution is -0.142. The van der Waals surface area contributed by atoms with Gasteiger partial charge in [0.1, 0.15) is 23.7 Å². The fourth-order valence-corrected chi connectivity index (χ4v) is 6.35. The van der Waals surface area contributed by atoms with E-state index in [0.29, 0.717) is 23.6 Å². The Morgan fingerprint density at radius 3 is 2.64 bits per heavy atom. The molecule has 2 aliphatic heterocycles. The molecule has 0 radical (unpaired) electrons. The molecule has 2 aliphatic rings. The summed E-state index contributed by atoms with van der Waals surface area (Å²) in [5, 5.41) is 13.0. The third-order valence-corrected chi connectivity index (χ3v) is 8.57. The van der Waals surface area contributed by atoms with E-state index in [1.165, 1.54) is 19.2 Å². The van der Waals surface area contributed by atoms with Gasteiger partial charge in [-0.2, -0.15) is 0 Å². The van der Waals surface area contributed by atoms with Crippen LogP contribution in [0.3, 0.4) is 0 Å². The summed E-state index contributed by atoms with van der Waals surface area (Å²) in [5.74, 6) is 0.731. The third kappa shape index (κ3) is 5.88. The van der Waals surface area contributed by atoms with Crippen molar-refractivity contribution in [1.29, 1.82) is 0 Å². The lowest BCUT2D eigenvalue weighted by atomic mass is 9.84. The van der Waals surface area contributed by atoms with Crippen LogP contribution in [-0.2, 0) is 19.6 Å². The predicted molar refractivity (Wildman–Crippen MR) is 145 cm³/mol. The van der Waals surface area contributed by atoms with E-state index in [-0.39, 0.29) is 35.8 Å². The van der Waals surface area contributed by atoms with Crippen LogP contribution in [0.2, 0.25) is 0 Å². The highest BCUT2D eigenvalue weighted by Crippen LogP contribution is 2.47. The first-order valence-corrected chi connectivity index (χ1v) is 14.3. The van der Waals surface area contributed by atoms with Crippen molar-refractivity contribution in [3.63, 3.8) is 0 Å². The summed E-state index contributed by atoms with van der Waals surface area (Å²) in [5.41, 5.74) is 2.21. The number of benzene rings is 3. The Kier molecular flexibility index (Phi) is 7.79. The Hall–Kier alpha value is -3.60. The number of hydrogen-bond donors (Lipinski definition) is 3. The van der Waals surface area contributed by atoms with Gasteiger partial charge in [-0.05, 0) is 49.2 Å². The van der Waals surface area contributed by atoms with Crippen LogP contribution in [0.15, 0.2) is 77.7 Å². The van der Waals surface area contributed by atoms with Crippen LogP contribution in [0.5, 0.6) is 11.5 Å². The van der Waals surface area contributed by atoms with Crippen LogP contribution in [-0.4, -0.2) is 51.5 Å². The molecule has 10 heteroatoms. The number of amides is 1. The number of fused-ring (bicyclic) bond motifs is 3. The van der Waals surface area contributed by atoms with Gasteiger partial charge >= 0.3 is 0 Å². The van der Waals surface area contributed by atoms with Crippen molar-refractivity contribution >= 4 is 21.6 Å². The van der Waals surface area contributed by atoms with Crippen LogP contribution in [0, 0.1) is 0 Å². The number of aliphatic hydroxyl groups is 1. The summed E-state index contributed by atoms with van der Waals surface area (Å²) in [6.07, 6.45) is -0.852. The number of carbonyl (C=O) groups excluding carboxylic acids is 1. The number of ether oxygens (including phenoxy) is 3. The van der Waals surface area contributed by atoms with E-state index in [9.17, 15) is 18.3 Å². The van der Waals surface area contributed by atoms with E-state index in [0.717, 1.165) is 11.1 Å². The van der Waals surface area contributed by atoms with Gasteiger partial charge in [-0.1, -0.05) is 36.4 Å². The molecular formula is C29H32N2O7S. The molecule has 3 aromatic carbocycles. The van der Waals surface area contributed by atoms with Gasteiger partial charge in [0.05, 0.1) is 37.2 Å². The van der Waals surface area contributed by atoms with Crippen molar-refractivity contribution in [2.24, 2.45) is 0 Å². The molecule has 3 aromatic rings. The first-order valence-electron chi connectivity index (χ1n) is 12.9. The maximum atomic E-state index is 13.0. The number of hydrogen-bond acceptors (Lipinski definition) is 7. The summed E-state index contributed by atoms with van der Waals surface area (Å²) in [4.78, 5) is 12.9. The lowest BCUT2D eigenvalue weighted by Gasteiger charge is -2.37. The number of aliphatic hydroxyl groups excluding tert-OH is 1. The van der Waals surface area contributed by atoms with Crippen LogP contribution in [0.4, 0.5) is 5.69 Å². The molecule has 39 heavy (non-hydrogen) atoms. The van der Waals surface area contributed by atoms with E-state index in [2.05, 4.69) is 10.0 Å². The lowest BCUT2D eigenvalue weighted by Crippen LogP contribution is -2.47. The van der Waals surface area contributed by atoms with Gasteiger partial charge in [-0.3, -0.25) is 9.52 Å². The largest absolute Gasteiger partial charge is 0.497 e. The van der Waals surface area contributed by atoms with Gasteiger partial charge in [-0.25, -0.2) is 8.42 Å². The topological polar surface area (TPSA) is 123 Å².